The number of aryl methyl sites for hydroxylation is 2. The van der Waals surface area contributed by atoms with Gasteiger partial charge in [-0.25, -0.2) is 4.79 Å². The summed E-state index contributed by atoms with van der Waals surface area (Å²) in [6.07, 6.45) is 0. The molecule has 0 unspecified atom stereocenters. The van der Waals surface area contributed by atoms with Crippen molar-refractivity contribution in [1.82, 2.24) is 0 Å². The van der Waals surface area contributed by atoms with E-state index in [1.54, 1.807) is 18.2 Å². The van der Waals surface area contributed by atoms with Gasteiger partial charge in [-0.1, -0.05) is 35.9 Å². The van der Waals surface area contributed by atoms with Gasteiger partial charge in [-0.15, -0.1) is 0 Å². The Morgan fingerprint density at radius 2 is 1.82 bits per heavy atom. The zero-order valence-corrected chi connectivity index (χ0v) is 9.90. The van der Waals surface area contributed by atoms with Crippen LogP contribution >= 0.6 is 0 Å². The van der Waals surface area contributed by atoms with Gasteiger partial charge in [0.15, 0.2) is 0 Å². The smallest absolute Gasteiger partial charge is 0.335 e. The molecule has 0 saturated heterocycles. The molecule has 1 N–H and O–H groups in total. The standard InChI is InChI=1S/C15H14O2/c1-10-6-7-14(11(2)8-10)12-4-3-5-13(9-12)15(16)17/h3-9H,1-2H3,(H,16,17). The summed E-state index contributed by atoms with van der Waals surface area (Å²) >= 11 is 0. The molecule has 0 fully saturated rings. The molecule has 0 atom stereocenters. The van der Waals surface area contributed by atoms with Gasteiger partial charge in [0.05, 0.1) is 5.56 Å². The van der Waals surface area contributed by atoms with Gasteiger partial charge in [0.1, 0.15) is 0 Å². The molecule has 17 heavy (non-hydrogen) atoms. The minimum absolute atomic E-state index is 0.322. The Balaban J connectivity index is 2.53. The van der Waals surface area contributed by atoms with E-state index in [1.807, 2.05) is 32.0 Å². The van der Waals surface area contributed by atoms with Gasteiger partial charge in [-0.2, -0.15) is 0 Å². The molecule has 0 aliphatic heterocycles. The van der Waals surface area contributed by atoms with Crippen LogP contribution in [0.25, 0.3) is 11.1 Å². The van der Waals surface area contributed by atoms with Crippen LogP contribution in [-0.4, -0.2) is 11.1 Å². The van der Waals surface area contributed by atoms with Gasteiger partial charge >= 0.3 is 5.97 Å². The molecule has 2 aromatic rings. The lowest BCUT2D eigenvalue weighted by Crippen LogP contribution is -1.96. The minimum Gasteiger partial charge on any atom is -0.478 e. The first-order valence-corrected chi connectivity index (χ1v) is 5.49. The molecule has 0 spiro atoms. The van der Waals surface area contributed by atoms with Crippen LogP contribution in [0.15, 0.2) is 42.5 Å². The van der Waals surface area contributed by atoms with Crippen LogP contribution in [0.5, 0.6) is 0 Å². The number of benzene rings is 2. The zero-order valence-electron chi connectivity index (χ0n) is 9.90. The summed E-state index contributed by atoms with van der Waals surface area (Å²) in [6, 6.07) is 13.2. The maximum atomic E-state index is 10.9. The molecule has 2 aromatic carbocycles. The first kappa shape index (κ1) is 11.4. The molecule has 0 radical (unpaired) electrons. The SMILES string of the molecule is Cc1ccc(-c2cccc(C(=O)O)c2)c(C)c1. The van der Waals surface area contributed by atoms with E-state index < -0.39 is 5.97 Å². The highest BCUT2D eigenvalue weighted by Crippen LogP contribution is 2.24. The average molecular weight is 226 g/mol. The molecule has 0 aromatic heterocycles. The van der Waals surface area contributed by atoms with Crippen molar-refractivity contribution in [2.45, 2.75) is 13.8 Å². The van der Waals surface area contributed by atoms with Crippen LogP contribution in [0.4, 0.5) is 0 Å². The molecular weight excluding hydrogens is 212 g/mol. The maximum Gasteiger partial charge on any atom is 0.335 e. The summed E-state index contributed by atoms with van der Waals surface area (Å²) in [6.45, 7) is 4.08. The van der Waals surface area contributed by atoms with Crippen molar-refractivity contribution in [2.24, 2.45) is 0 Å². The number of carboxylic acids is 1. The number of hydrogen-bond acceptors (Lipinski definition) is 1. The summed E-state index contributed by atoms with van der Waals surface area (Å²) in [4.78, 5) is 10.9. The van der Waals surface area contributed by atoms with E-state index in [1.165, 1.54) is 5.56 Å². The molecule has 2 rings (SSSR count). The average Bonchev–Trinajstić information content (AvgIpc) is 2.29. The van der Waals surface area contributed by atoms with Crippen molar-refractivity contribution in [1.29, 1.82) is 0 Å². The van der Waals surface area contributed by atoms with Crippen molar-refractivity contribution in [2.75, 3.05) is 0 Å². The quantitative estimate of drug-likeness (QED) is 0.848. The van der Waals surface area contributed by atoms with Crippen molar-refractivity contribution in [3.05, 3.63) is 59.2 Å². The van der Waals surface area contributed by atoms with Crippen LogP contribution in [0, 0.1) is 13.8 Å². The molecule has 0 saturated carbocycles. The Hall–Kier alpha value is -2.09. The first-order chi connectivity index (χ1) is 8.08. The van der Waals surface area contributed by atoms with Crippen LogP contribution in [-0.2, 0) is 0 Å². The second-order valence-corrected chi connectivity index (χ2v) is 4.20. The fraction of sp³-hybridized carbons (Fsp3) is 0.133. The van der Waals surface area contributed by atoms with Crippen molar-refractivity contribution in [3.63, 3.8) is 0 Å². The highest BCUT2D eigenvalue weighted by molar-refractivity contribution is 5.89. The monoisotopic (exact) mass is 226 g/mol. The van der Waals surface area contributed by atoms with E-state index in [4.69, 9.17) is 5.11 Å². The molecule has 0 aliphatic rings. The normalized spacial score (nSPS) is 10.2. The molecule has 0 heterocycles. The van der Waals surface area contributed by atoms with E-state index in [-0.39, 0.29) is 0 Å². The number of carbonyl (C=O) groups is 1. The predicted molar refractivity (Wildman–Crippen MR) is 68.3 cm³/mol. The number of hydrogen-bond donors (Lipinski definition) is 1. The van der Waals surface area contributed by atoms with E-state index in [9.17, 15) is 4.79 Å². The zero-order chi connectivity index (χ0) is 12.4. The fourth-order valence-corrected chi connectivity index (χ4v) is 1.96. The van der Waals surface area contributed by atoms with Gasteiger partial charge in [0.25, 0.3) is 0 Å². The molecule has 2 nitrogen and oxygen atoms in total. The number of carboxylic acid groups (broad SMARTS) is 1. The summed E-state index contributed by atoms with van der Waals surface area (Å²) in [5, 5.41) is 8.97. The summed E-state index contributed by atoms with van der Waals surface area (Å²) in [5.41, 5.74) is 4.72. The van der Waals surface area contributed by atoms with Gasteiger partial charge in [-0.3, -0.25) is 0 Å². The lowest BCUT2D eigenvalue weighted by molar-refractivity contribution is 0.0697. The molecule has 0 amide bonds. The van der Waals surface area contributed by atoms with Crippen LogP contribution < -0.4 is 0 Å². The van der Waals surface area contributed by atoms with Gasteiger partial charge in [-0.05, 0) is 42.7 Å². The third kappa shape index (κ3) is 2.36. The number of rotatable bonds is 2. The van der Waals surface area contributed by atoms with Gasteiger partial charge < -0.3 is 5.11 Å². The maximum absolute atomic E-state index is 10.9. The van der Waals surface area contributed by atoms with Crippen molar-refractivity contribution < 1.29 is 9.90 Å². The summed E-state index contributed by atoms with van der Waals surface area (Å²) in [5.74, 6) is -0.892. The van der Waals surface area contributed by atoms with Crippen LogP contribution in [0.2, 0.25) is 0 Å². The van der Waals surface area contributed by atoms with Crippen molar-refractivity contribution in [3.8, 4) is 11.1 Å². The lowest BCUT2D eigenvalue weighted by Gasteiger charge is -2.07. The molecule has 2 heteroatoms. The predicted octanol–water partition coefficient (Wildman–Crippen LogP) is 3.67. The first-order valence-electron chi connectivity index (χ1n) is 5.49. The molecule has 0 bridgehead atoms. The Bertz CT molecular complexity index is 571. The minimum atomic E-state index is -0.892. The van der Waals surface area contributed by atoms with E-state index >= 15 is 0 Å². The summed E-state index contributed by atoms with van der Waals surface area (Å²) < 4.78 is 0. The second kappa shape index (κ2) is 4.42. The van der Waals surface area contributed by atoms with Crippen LogP contribution in [0.3, 0.4) is 0 Å². The highest BCUT2D eigenvalue weighted by Gasteiger charge is 2.06. The molecule has 0 aliphatic carbocycles. The van der Waals surface area contributed by atoms with Gasteiger partial charge in [0, 0.05) is 0 Å². The van der Waals surface area contributed by atoms with Crippen molar-refractivity contribution >= 4 is 5.97 Å². The number of aromatic carboxylic acids is 1. The largest absolute Gasteiger partial charge is 0.478 e. The Morgan fingerprint density at radius 3 is 2.47 bits per heavy atom. The Kier molecular flexibility index (Phi) is 2.96. The Labute approximate surface area is 101 Å². The Morgan fingerprint density at radius 1 is 1.06 bits per heavy atom. The van der Waals surface area contributed by atoms with E-state index in [2.05, 4.69) is 6.07 Å². The second-order valence-electron chi connectivity index (χ2n) is 4.20. The van der Waals surface area contributed by atoms with E-state index in [0.717, 1.165) is 16.7 Å². The topological polar surface area (TPSA) is 37.3 Å². The fourth-order valence-electron chi connectivity index (χ4n) is 1.96. The highest BCUT2D eigenvalue weighted by atomic mass is 16.4. The third-order valence-electron chi connectivity index (χ3n) is 2.80. The summed E-state index contributed by atoms with van der Waals surface area (Å²) in [7, 11) is 0. The van der Waals surface area contributed by atoms with E-state index in [0.29, 0.717) is 5.56 Å². The van der Waals surface area contributed by atoms with Gasteiger partial charge in [0.2, 0.25) is 0 Å². The molecular formula is C15H14O2. The molecule has 86 valence electrons. The lowest BCUT2D eigenvalue weighted by atomic mass is 9.97. The third-order valence-corrected chi connectivity index (χ3v) is 2.80. The van der Waals surface area contributed by atoms with Crippen LogP contribution in [0.1, 0.15) is 21.5 Å².